The Balaban J connectivity index is 1.64. The highest BCUT2D eigenvalue weighted by molar-refractivity contribution is 6.03. The van der Waals surface area contributed by atoms with Crippen molar-refractivity contribution in [2.75, 3.05) is 4.90 Å². The third kappa shape index (κ3) is 5.37. The average Bonchev–Trinajstić information content (AvgIpc) is 3.62. The second kappa shape index (κ2) is 11.7. The number of aromatic nitrogens is 6. The standard InChI is InChI=1S/C30H29N7O3/c1-3-4-15-26-31-29(37(20(2)38)23-13-9-6-10-14-23)27(30(39)40)36(26)19-21-16-17-24(22-11-7-5-8-12-22)25(18-21)28-32-34-35-33-28/h5-14,16-18H,3-4,15,19H2,1-2H3,(H,39,40)(H,32,33,34,35). The number of hydrogen-bond acceptors (Lipinski definition) is 6. The maximum absolute atomic E-state index is 12.8. The van der Waals surface area contributed by atoms with Crippen LogP contribution in [0.25, 0.3) is 22.5 Å². The van der Waals surface area contributed by atoms with Gasteiger partial charge in [-0.05, 0) is 46.5 Å². The molecule has 0 atom stereocenters. The predicted molar refractivity (Wildman–Crippen MR) is 151 cm³/mol. The SMILES string of the molecule is CCCCc1nc(N(C(C)=O)c2ccccc2)c(C(=O)O)n1Cc1ccc(-c2ccccc2)c(-c2nn[nH]n2)c1. The Hall–Kier alpha value is -5.12. The lowest BCUT2D eigenvalue weighted by atomic mass is 9.97. The van der Waals surface area contributed by atoms with Crippen molar-refractivity contribution in [2.24, 2.45) is 0 Å². The molecule has 40 heavy (non-hydrogen) atoms. The molecule has 0 unspecified atom stereocenters. The first-order valence-electron chi connectivity index (χ1n) is 13.1. The number of para-hydroxylation sites is 1. The number of carboxylic acid groups (broad SMARTS) is 1. The smallest absolute Gasteiger partial charge is 0.356 e. The zero-order valence-electron chi connectivity index (χ0n) is 22.3. The molecule has 10 heteroatoms. The zero-order valence-corrected chi connectivity index (χ0v) is 22.3. The lowest BCUT2D eigenvalue weighted by Crippen LogP contribution is -2.25. The summed E-state index contributed by atoms with van der Waals surface area (Å²) in [5.74, 6) is -0.344. The van der Waals surface area contributed by atoms with Crippen LogP contribution in [0.3, 0.4) is 0 Å². The fourth-order valence-corrected chi connectivity index (χ4v) is 4.78. The number of unbranched alkanes of at least 4 members (excludes halogenated alkanes) is 1. The third-order valence-electron chi connectivity index (χ3n) is 6.62. The van der Waals surface area contributed by atoms with E-state index in [4.69, 9.17) is 4.98 Å². The minimum absolute atomic E-state index is 0.0431. The summed E-state index contributed by atoms with van der Waals surface area (Å²) < 4.78 is 1.70. The summed E-state index contributed by atoms with van der Waals surface area (Å²) >= 11 is 0. The van der Waals surface area contributed by atoms with Gasteiger partial charge in [-0.15, -0.1) is 10.2 Å². The number of anilines is 2. The molecule has 3 aromatic carbocycles. The van der Waals surface area contributed by atoms with E-state index in [2.05, 4.69) is 27.5 Å². The largest absolute Gasteiger partial charge is 0.476 e. The van der Waals surface area contributed by atoms with Gasteiger partial charge in [0.15, 0.2) is 11.5 Å². The quantitative estimate of drug-likeness (QED) is 0.241. The second-order valence-corrected chi connectivity index (χ2v) is 9.37. The van der Waals surface area contributed by atoms with Crippen LogP contribution in [-0.2, 0) is 17.8 Å². The first-order chi connectivity index (χ1) is 19.5. The van der Waals surface area contributed by atoms with Crippen LogP contribution in [0.2, 0.25) is 0 Å². The number of H-pyrrole nitrogens is 1. The molecule has 2 heterocycles. The van der Waals surface area contributed by atoms with Crippen molar-refractivity contribution in [1.82, 2.24) is 30.2 Å². The molecule has 0 radical (unpaired) electrons. The van der Waals surface area contributed by atoms with Gasteiger partial charge in [0.1, 0.15) is 5.82 Å². The van der Waals surface area contributed by atoms with E-state index in [9.17, 15) is 14.7 Å². The number of aromatic amines is 1. The first-order valence-corrected chi connectivity index (χ1v) is 13.1. The van der Waals surface area contributed by atoms with Crippen LogP contribution in [0, 0.1) is 0 Å². The Labute approximate surface area is 231 Å². The molecule has 0 saturated heterocycles. The van der Waals surface area contributed by atoms with Gasteiger partial charge in [0, 0.05) is 25.5 Å². The Morgan fingerprint density at radius 3 is 2.33 bits per heavy atom. The predicted octanol–water partition coefficient (Wildman–Crippen LogP) is 5.50. The molecule has 10 nitrogen and oxygen atoms in total. The number of rotatable bonds is 10. The Kier molecular flexibility index (Phi) is 7.77. The molecule has 5 rings (SSSR count). The Morgan fingerprint density at radius 2 is 1.70 bits per heavy atom. The van der Waals surface area contributed by atoms with Crippen molar-refractivity contribution in [3.63, 3.8) is 0 Å². The van der Waals surface area contributed by atoms with E-state index in [0.717, 1.165) is 35.1 Å². The van der Waals surface area contributed by atoms with Crippen molar-refractivity contribution in [3.8, 4) is 22.5 Å². The number of imidazole rings is 1. The minimum Gasteiger partial charge on any atom is -0.476 e. The number of carbonyl (C=O) groups excluding carboxylic acids is 1. The minimum atomic E-state index is -1.16. The van der Waals surface area contributed by atoms with Gasteiger partial charge in [-0.25, -0.2) is 9.78 Å². The molecule has 0 bridgehead atoms. The molecule has 1 amide bonds. The van der Waals surface area contributed by atoms with Gasteiger partial charge in [0.2, 0.25) is 11.7 Å². The van der Waals surface area contributed by atoms with E-state index in [1.807, 2.05) is 54.6 Å². The number of tetrazole rings is 1. The van der Waals surface area contributed by atoms with Crippen LogP contribution in [0.5, 0.6) is 0 Å². The average molecular weight is 536 g/mol. The van der Waals surface area contributed by atoms with Gasteiger partial charge in [-0.2, -0.15) is 5.21 Å². The molecule has 202 valence electrons. The number of aromatic carboxylic acids is 1. The van der Waals surface area contributed by atoms with Crippen LogP contribution in [0.4, 0.5) is 11.5 Å². The van der Waals surface area contributed by atoms with Gasteiger partial charge in [0.25, 0.3) is 0 Å². The molecule has 0 aliphatic rings. The number of hydrogen-bond donors (Lipinski definition) is 2. The summed E-state index contributed by atoms with van der Waals surface area (Å²) in [6.07, 6.45) is 2.30. The van der Waals surface area contributed by atoms with Crippen LogP contribution in [0.1, 0.15) is 48.6 Å². The Bertz CT molecular complexity index is 1610. The second-order valence-electron chi connectivity index (χ2n) is 9.37. The number of aryl methyl sites for hydroxylation is 1. The van der Waals surface area contributed by atoms with Gasteiger partial charge < -0.3 is 9.67 Å². The molecule has 5 aromatic rings. The molecular formula is C30H29N7O3. The molecule has 2 N–H and O–H groups in total. The van der Waals surface area contributed by atoms with Crippen LogP contribution in [-0.4, -0.2) is 47.2 Å². The van der Waals surface area contributed by atoms with Crippen LogP contribution in [0.15, 0.2) is 78.9 Å². The van der Waals surface area contributed by atoms with Crippen molar-refractivity contribution in [3.05, 3.63) is 95.9 Å². The number of carboxylic acids is 1. The van der Waals surface area contributed by atoms with Crippen molar-refractivity contribution in [2.45, 2.75) is 39.7 Å². The van der Waals surface area contributed by atoms with E-state index in [1.165, 1.54) is 11.8 Å². The fraction of sp³-hybridized carbons (Fsp3) is 0.200. The topological polar surface area (TPSA) is 130 Å². The highest BCUT2D eigenvalue weighted by Gasteiger charge is 2.29. The van der Waals surface area contributed by atoms with Crippen LogP contribution < -0.4 is 4.90 Å². The summed E-state index contributed by atoms with van der Waals surface area (Å²) in [5.41, 5.74) is 4.02. The van der Waals surface area contributed by atoms with E-state index in [0.29, 0.717) is 23.8 Å². The van der Waals surface area contributed by atoms with Gasteiger partial charge in [-0.3, -0.25) is 9.69 Å². The molecule has 0 saturated carbocycles. The van der Waals surface area contributed by atoms with Crippen molar-refractivity contribution >= 4 is 23.4 Å². The van der Waals surface area contributed by atoms with Crippen molar-refractivity contribution < 1.29 is 14.7 Å². The monoisotopic (exact) mass is 535 g/mol. The number of carbonyl (C=O) groups is 2. The van der Waals surface area contributed by atoms with Crippen LogP contribution >= 0.6 is 0 Å². The highest BCUT2D eigenvalue weighted by Crippen LogP contribution is 2.33. The summed E-state index contributed by atoms with van der Waals surface area (Å²) in [5, 5.41) is 25.1. The fourth-order valence-electron chi connectivity index (χ4n) is 4.78. The number of benzene rings is 3. The van der Waals surface area contributed by atoms with E-state index < -0.39 is 5.97 Å². The van der Waals surface area contributed by atoms with E-state index in [1.54, 1.807) is 28.8 Å². The van der Waals surface area contributed by atoms with E-state index >= 15 is 0 Å². The molecule has 2 aromatic heterocycles. The molecular weight excluding hydrogens is 506 g/mol. The van der Waals surface area contributed by atoms with Crippen molar-refractivity contribution in [1.29, 1.82) is 0 Å². The zero-order chi connectivity index (χ0) is 28.1. The lowest BCUT2D eigenvalue weighted by Gasteiger charge is -2.20. The molecule has 0 aliphatic heterocycles. The summed E-state index contributed by atoms with van der Waals surface area (Å²) in [7, 11) is 0. The number of amides is 1. The maximum atomic E-state index is 12.8. The van der Waals surface area contributed by atoms with Gasteiger partial charge in [-0.1, -0.05) is 74.0 Å². The molecule has 0 aliphatic carbocycles. The van der Waals surface area contributed by atoms with Gasteiger partial charge >= 0.3 is 5.97 Å². The summed E-state index contributed by atoms with van der Waals surface area (Å²) in [6, 6.07) is 24.7. The molecule has 0 spiro atoms. The highest BCUT2D eigenvalue weighted by atomic mass is 16.4. The third-order valence-corrected chi connectivity index (χ3v) is 6.62. The summed E-state index contributed by atoms with van der Waals surface area (Å²) in [6.45, 7) is 3.70. The molecule has 0 fully saturated rings. The number of nitrogens with one attached hydrogen (secondary N) is 1. The Morgan fingerprint density at radius 1 is 0.975 bits per heavy atom. The van der Waals surface area contributed by atoms with Gasteiger partial charge in [0.05, 0.1) is 5.69 Å². The van der Waals surface area contributed by atoms with E-state index in [-0.39, 0.29) is 24.0 Å². The lowest BCUT2D eigenvalue weighted by molar-refractivity contribution is -0.115. The first kappa shape index (κ1) is 26.5. The number of nitrogens with zero attached hydrogens (tertiary/aromatic N) is 6. The maximum Gasteiger partial charge on any atom is 0.356 e. The summed E-state index contributed by atoms with van der Waals surface area (Å²) in [4.78, 5) is 31.7. The normalized spacial score (nSPS) is 10.9.